The first kappa shape index (κ1) is 23.1. The van der Waals surface area contributed by atoms with Gasteiger partial charge in [-0.3, -0.25) is 0 Å². The fourth-order valence-electron chi connectivity index (χ4n) is 4.73. The number of benzene rings is 3. The molecule has 170 valence electrons. The highest BCUT2D eigenvalue weighted by atomic mass is 35.5. The van der Waals surface area contributed by atoms with Gasteiger partial charge in [0.25, 0.3) is 0 Å². The molecule has 0 unspecified atom stereocenters. The van der Waals surface area contributed by atoms with Crippen molar-refractivity contribution in [3.8, 4) is 5.75 Å². The third-order valence-electron chi connectivity index (χ3n) is 6.41. The molecule has 1 saturated heterocycles. The SMILES string of the molecule is C=C(C)[C@@H]1C[C@@H](c2ccccc2Cl)[C@@H](c2ccc(OC)cc2)O[C@H]1c1ccccc1C(=O)O. The van der Waals surface area contributed by atoms with E-state index in [1.807, 2.05) is 67.6 Å². The summed E-state index contributed by atoms with van der Waals surface area (Å²) in [6.07, 6.45) is -0.0344. The van der Waals surface area contributed by atoms with Crippen molar-refractivity contribution >= 4 is 17.6 Å². The Labute approximate surface area is 199 Å². The lowest BCUT2D eigenvalue weighted by molar-refractivity contribution is -0.0921. The van der Waals surface area contributed by atoms with Crippen molar-refractivity contribution in [3.63, 3.8) is 0 Å². The first-order chi connectivity index (χ1) is 15.9. The predicted molar refractivity (Wildman–Crippen MR) is 130 cm³/mol. The first-order valence-electron chi connectivity index (χ1n) is 10.9. The molecule has 1 aliphatic heterocycles. The second kappa shape index (κ2) is 9.82. The van der Waals surface area contributed by atoms with E-state index in [1.165, 1.54) is 0 Å². The van der Waals surface area contributed by atoms with Gasteiger partial charge in [-0.1, -0.05) is 72.3 Å². The lowest BCUT2D eigenvalue weighted by Gasteiger charge is -2.43. The third-order valence-corrected chi connectivity index (χ3v) is 6.76. The number of aromatic carboxylic acids is 1. The van der Waals surface area contributed by atoms with Crippen LogP contribution in [0.25, 0.3) is 0 Å². The van der Waals surface area contributed by atoms with E-state index >= 15 is 0 Å². The molecule has 1 fully saturated rings. The zero-order valence-corrected chi connectivity index (χ0v) is 19.5. The van der Waals surface area contributed by atoms with Crippen LogP contribution in [0.5, 0.6) is 5.75 Å². The van der Waals surface area contributed by atoms with Gasteiger partial charge < -0.3 is 14.6 Å². The van der Waals surface area contributed by atoms with Gasteiger partial charge >= 0.3 is 5.97 Å². The van der Waals surface area contributed by atoms with Crippen molar-refractivity contribution in [3.05, 3.63) is 112 Å². The summed E-state index contributed by atoms with van der Waals surface area (Å²) in [6, 6.07) is 22.7. The first-order valence-corrected chi connectivity index (χ1v) is 11.3. The maximum Gasteiger partial charge on any atom is 0.336 e. The number of halogens is 1. The molecule has 1 heterocycles. The summed E-state index contributed by atoms with van der Waals surface area (Å²) < 4.78 is 12.1. The molecule has 0 amide bonds. The molecular formula is C28H27ClO4. The summed E-state index contributed by atoms with van der Waals surface area (Å²) >= 11 is 6.63. The lowest BCUT2D eigenvalue weighted by Crippen LogP contribution is -2.32. The van der Waals surface area contributed by atoms with Gasteiger partial charge in [-0.05, 0) is 54.3 Å². The van der Waals surface area contributed by atoms with Crippen LogP contribution < -0.4 is 4.74 Å². The third kappa shape index (κ3) is 4.68. The van der Waals surface area contributed by atoms with E-state index in [2.05, 4.69) is 6.58 Å². The molecule has 1 N–H and O–H groups in total. The van der Waals surface area contributed by atoms with E-state index in [0.29, 0.717) is 10.6 Å². The van der Waals surface area contributed by atoms with Crippen LogP contribution in [0.4, 0.5) is 0 Å². The minimum absolute atomic E-state index is 0.0259. The monoisotopic (exact) mass is 462 g/mol. The normalized spacial score (nSPS) is 22.5. The van der Waals surface area contributed by atoms with Crippen molar-refractivity contribution in [1.29, 1.82) is 0 Å². The molecule has 0 radical (unpaired) electrons. The van der Waals surface area contributed by atoms with Crippen LogP contribution in [0, 0.1) is 5.92 Å². The average molecular weight is 463 g/mol. The molecule has 0 saturated carbocycles. The molecule has 33 heavy (non-hydrogen) atoms. The molecule has 4 nitrogen and oxygen atoms in total. The number of carboxylic acids is 1. The van der Waals surface area contributed by atoms with Crippen molar-refractivity contribution in [2.45, 2.75) is 31.5 Å². The van der Waals surface area contributed by atoms with E-state index in [-0.39, 0.29) is 23.5 Å². The van der Waals surface area contributed by atoms with Gasteiger partial charge in [-0.15, -0.1) is 0 Å². The zero-order chi connectivity index (χ0) is 23.5. The molecule has 0 spiro atoms. The van der Waals surface area contributed by atoms with E-state index < -0.39 is 12.1 Å². The molecule has 1 aliphatic rings. The largest absolute Gasteiger partial charge is 0.497 e. The van der Waals surface area contributed by atoms with E-state index in [9.17, 15) is 9.90 Å². The maximum absolute atomic E-state index is 12.0. The summed E-state index contributed by atoms with van der Waals surface area (Å²) in [4.78, 5) is 12.0. The minimum atomic E-state index is -0.969. The van der Waals surface area contributed by atoms with Crippen LogP contribution in [-0.4, -0.2) is 18.2 Å². The Morgan fingerprint density at radius 2 is 1.64 bits per heavy atom. The number of methoxy groups -OCH3 is 1. The molecule has 0 aliphatic carbocycles. The van der Waals surface area contributed by atoms with E-state index in [0.717, 1.165) is 28.9 Å². The van der Waals surface area contributed by atoms with Crippen LogP contribution in [-0.2, 0) is 4.74 Å². The Hall–Kier alpha value is -3.08. The number of hydrogen-bond acceptors (Lipinski definition) is 3. The average Bonchev–Trinajstić information content (AvgIpc) is 2.83. The quantitative estimate of drug-likeness (QED) is 0.393. The molecule has 0 aromatic heterocycles. The smallest absolute Gasteiger partial charge is 0.336 e. The minimum Gasteiger partial charge on any atom is -0.497 e. The second-order valence-electron chi connectivity index (χ2n) is 8.46. The van der Waals surface area contributed by atoms with Crippen LogP contribution in [0.15, 0.2) is 84.9 Å². The zero-order valence-electron chi connectivity index (χ0n) is 18.7. The highest BCUT2D eigenvalue weighted by Crippen LogP contribution is 2.53. The van der Waals surface area contributed by atoms with Gasteiger partial charge in [-0.2, -0.15) is 0 Å². The Balaban J connectivity index is 1.84. The molecular weight excluding hydrogens is 436 g/mol. The molecule has 3 aromatic rings. The lowest BCUT2D eigenvalue weighted by atomic mass is 9.73. The predicted octanol–water partition coefficient (Wildman–Crippen LogP) is 7.23. The van der Waals surface area contributed by atoms with E-state index in [1.54, 1.807) is 19.2 Å². The highest BCUT2D eigenvalue weighted by Gasteiger charge is 2.42. The van der Waals surface area contributed by atoms with Gasteiger partial charge in [-0.25, -0.2) is 4.79 Å². The van der Waals surface area contributed by atoms with Crippen molar-refractivity contribution in [1.82, 2.24) is 0 Å². The van der Waals surface area contributed by atoms with Crippen molar-refractivity contribution in [2.24, 2.45) is 5.92 Å². The van der Waals surface area contributed by atoms with Crippen LogP contribution in [0.2, 0.25) is 5.02 Å². The fraction of sp³-hybridized carbons (Fsp3) is 0.250. The number of carbonyl (C=O) groups is 1. The van der Waals surface area contributed by atoms with Crippen LogP contribution >= 0.6 is 11.6 Å². The summed E-state index contributed by atoms with van der Waals surface area (Å²) in [5.41, 5.74) is 3.85. The number of hydrogen-bond donors (Lipinski definition) is 1. The molecule has 4 rings (SSSR count). The van der Waals surface area contributed by atoms with Gasteiger partial charge in [0.1, 0.15) is 5.75 Å². The Bertz CT molecular complexity index is 1150. The van der Waals surface area contributed by atoms with E-state index in [4.69, 9.17) is 21.1 Å². The number of ether oxygens (including phenoxy) is 2. The van der Waals surface area contributed by atoms with Gasteiger partial charge in [0.15, 0.2) is 0 Å². The summed E-state index contributed by atoms with van der Waals surface area (Å²) in [7, 11) is 1.63. The summed E-state index contributed by atoms with van der Waals surface area (Å²) in [5.74, 6) is -0.302. The number of carboxylic acid groups (broad SMARTS) is 1. The second-order valence-corrected chi connectivity index (χ2v) is 8.87. The van der Waals surface area contributed by atoms with Crippen molar-refractivity contribution in [2.75, 3.05) is 7.11 Å². The fourth-order valence-corrected chi connectivity index (χ4v) is 5.00. The van der Waals surface area contributed by atoms with Crippen LogP contribution in [0.3, 0.4) is 0 Å². The summed E-state index contributed by atoms with van der Waals surface area (Å²) in [6.45, 7) is 6.20. The van der Waals surface area contributed by atoms with Crippen molar-refractivity contribution < 1.29 is 19.4 Å². The topological polar surface area (TPSA) is 55.8 Å². The molecule has 3 aromatic carbocycles. The van der Waals surface area contributed by atoms with Gasteiger partial charge in [0.2, 0.25) is 0 Å². The highest BCUT2D eigenvalue weighted by molar-refractivity contribution is 6.31. The van der Waals surface area contributed by atoms with Gasteiger partial charge in [0, 0.05) is 16.9 Å². The number of rotatable bonds is 6. The Morgan fingerprint density at radius 3 is 2.24 bits per heavy atom. The van der Waals surface area contributed by atoms with Gasteiger partial charge in [0.05, 0.1) is 24.9 Å². The summed E-state index contributed by atoms with van der Waals surface area (Å²) in [5, 5.41) is 10.5. The molecule has 0 bridgehead atoms. The van der Waals surface area contributed by atoms with Crippen LogP contribution in [0.1, 0.15) is 58.5 Å². The standard InChI is InChI=1S/C28H27ClO4/c1-17(2)23-16-24(20-8-6-7-11-25(20)29)26(18-12-14-19(32-3)15-13-18)33-27(23)21-9-4-5-10-22(21)28(30)31/h4-15,23-24,26-27H,1,16H2,2-3H3,(H,30,31)/t23-,24-,26+,27-/m0/s1. The maximum atomic E-state index is 12.0. The Kier molecular flexibility index (Phi) is 6.87. The molecule has 5 heteroatoms. The molecule has 4 atom stereocenters. The Morgan fingerprint density at radius 1 is 1.00 bits per heavy atom.